The van der Waals surface area contributed by atoms with Crippen LogP contribution in [0.1, 0.15) is 65.4 Å². The summed E-state index contributed by atoms with van der Waals surface area (Å²) in [6, 6.07) is 8.27. The highest BCUT2D eigenvalue weighted by Gasteiger charge is 2.15. The number of nitrogens with one attached hydrogen (secondary N) is 1. The van der Waals surface area contributed by atoms with Gasteiger partial charge >= 0.3 is 0 Å². The molecule has 1 rings (SSSR count). The zero-order valence-corrected chi connectivity index (χ0v) is 15.0. The summed E-state index contributed by atoms with van der Waals surface area (Å²) >= 11 is 6.32. The van der Waals surface area contributed by atoms with E-state index in [0.717, 1.165) is 18.0 Å². The van der Waals surface area contributed by atoms with Gasteiger partial charge in [0.2, 0.25) is 0 Å². The predicted molar refractivity (Wildman–Crippen MR) is 95.2 cm³/mol. The molecule has 1 atom stereocenters. The Bertz CT molecular complexity index is 395. The minimum absolute atomic E-state index is 0.183. The highest BCUT2D eigenvalue weighted by atomic mass is 35.5. The molecule has 0 saturated carbocycles. The molecule has 0 bridgehead atoms. The lowest BCUT2D eigenvalue weighted by Crippen LogP contribution is -2.39. The molecule has 0 amide bonds. The lowest BCUT2D eigenvalue weighted by molar-refractivity contribution is 0.349. The Balaban J connectivity index is 2.56. The van der Waals surface area contributed by atoms with Crippen molar-refractivity contribution in [3.05, 3.63) is 34.9 Å². The van der Waals surface area contributed by atoms with Gasteiger partial charge in [-0.05, 0) is 57.7 Å². The Morgan fingerprint density at radius 2 is 1.81 bits per heavy atom. The molecule has 0 saturated heterocycles. The van der Waals surface area contributed by atoms with Crippen molar-refractivity contribution in [1.29, 1.82) is 0 Å². The van der Waals surface area contributed by atoms with E-state index in [0.29, 0.717) is 5.92 Å². The summed E-state index contributed by atoms with van der Waals surface area (Å²) in [5.74, 6) is 0.668. The van der Waals surface area contributed by atoms with Gasteiger partial charge in [-0.2, -0.15) is 0 Å². The van der Waals surface area contributed by atoms with Gasteiger partial charge in [0.1, 0.15) is 0 Å². The highest BCUT2D eigenvalue weighted by molar-refractivity contribution is 6.31. The van der Waals surface area contributed by atoms with E-state index in [4.69, 9.17) is 11.6 Å². The first-order chi connectivity index (χ1) is 9.92. The fourth-order valence-corrected chi connectivity index (χ4v) is 2.77. The molecule has 0 radical (unpaired) electrons. The van der Waals surface area contributed by atoms with Crippen LogP contribution in [0.15, 0.2) is 24.3 Å². The van der Waals surface area contributed by atoms with Gasteiger partial charge in [-0.3, -0.25) is 0 Å². The third-order valence-electron chi connectivity index (χ3n) is 3.85. The largest absolute Gasteiger partial charge is 0.312 e. The number of halogens is 1. The lowest BCUT2D eigenvalue weighted by Gasteiger charge is -2.26. The molecule has 1 aromatic rings. The third kappa shape index (κ3) is 8.48. The van der Waals surface area contributed by atoms with Gasteiger partial charge in [-0.25, -0.2) is 0 Å². The minimum Gasteiger partial charge on any atom is -0.312 e. The van der Waals surface area contributed by atoms with Crippen LogP contribution in [0.4, 0.5) is 0 Å². The molecule has 0 spiro atoms. The van der Waals surface area contributed by atoms with Crippen LogP contribution >= 0.6 is 11.6 Å². The van der Waals surface area contributed by atoms with E-state index in [9.17, 15) is 0 Å². The minimum atomic E-state index is 0.183. The molecule has 1 unspecified atom stereocenters. The van der Waals surface area contributed by atoms with Gasteiger partial charge in [0.25, 0.3) is 0 Å². The van der Waals surface area contributed by atoms with Crippen LogP contribution in [-0.4, -0.2) is 12.1 Å². The Morgan fingerprint density at radius 1 is 1.10 bits per heavy atom. The second-order valence-corrected chi connectivity index (χ2v) is 7.55. The monoisotopic (exact) mass is 309 g/mol. The zero-order valence-electron chi connectivity index (χ0n) is 14.2. The topological polar surface area (TPSA) is 12.0 Å². The molecule has 120 valence electrons. The van der Waals surface area contributed by atoms with E-state index in [1.807, 2.05) is 12.1 Å². The molecule has 0 aliphatic rings. The molecule has 0 aromatic heterocycles. The van der Waals surface area contributed by atoms with Crippen LogP contribution in [0, 0.1) is 5.92 Å². The van der Waals surface area contributed by atoms with Crippen molar-refractivity contribution in [1.82, 2.24) is 5.32 Å². The Hall–Kier alpha value is -0.530. The Morgan fingerprint density at radius 3 is 2.43 bits per heavy atom. The summed E-state index contributed by atoms with van der Waals surface area (Å²) < 4.78 is 0. The van der Waals surface area contributed by atoms with Crippen molar-refractivity contribution in [3.63, 3.8) is 0 Å². The van der Waals surface area contributed by atoms with Crippen LogP contribution < -0.4 is 5.32 Å². The van der Waals surface area contributed by atoms with Gasteiger partial charge < -0.3 is 5.32 Å². The first kappa shape index (κ1) is 18.5. The number of benzene rings is 1. The molecule has 0 aliphatic heterocycles. The van der Waals surface area contributed by atoms with Crippen molar-refractivity contribution < 1.29 is 0 Å². The normalized spacial score (nSPS) is 13.4. The number of hydrogen-bond donors (Lipinski definition) is 1. The van der Waals surface area contributed by atoms with E-state index in [1.54, 1.807) is 0 Å². The molecule has 1 aromatic carbocycles. The first-order valence-corrected chi connectivity index (χ1v) is 8.78. The molecular weight excluding hydrogens is 278 g/mol. The van der Waals surface area contributed by atoms with E-state index < -0.39 is 0 Å². The van der Waals surface area contributed by atoms with Gasteiger partial charge in [0.15, 0.2) is 0 Å². The molecule has 0 aliphatic carbocycles. The fourth-order valence-electron chi connectivity index (χ4n) is 2.56. The quantitative estimate of drug-likeness (QED) is 0.564. The Labute approximate surface area is 136 Å². The zero-order chi connectivity index (χ0) is 15.7. The van der Waals surface area contributed by atoms with Crippen molar-refractivity contribution in [3.8, 4) is 0 Å². The number of hydrogen-bond acceptors (Lipinski definition) is 1. The average Bonchev–Trinajstić information content (AvgIpc) is 2.42. The van der Waals surface area contributed by atoms with Gasteiger partial charge in [0.05, 0.1) is 0 Å². The molecular formula is C19H32ClN. The van der Waals surface area contributed by atoms with Gasteiger partial charge in [-0.15, -0.1) is 0 Å². The second-order valence-electron chi connectivity index (χ2n) is 7.14. The highest BCUT2D eigenvalue weighted by Crippen LogP contribution is 2.22. The van der Waals surface area contributed by atoms with Crippen LogP contribution in [0.2, 0.25) is 5.02 Å². The van der Waals surface area contributed by atoms with Crippen molar-refractivity contribution >= 4 is 11.6 Å². The standard InChI is InChI=1S/C19H32ClN/c1-5-6-7-8-11-16(15-21-19(2,3)4)14-17-12-9-10-13-18(17)20/h9-10,12-13,16,21H,5-8,11,14-15H2,1-4H3. The summed E-state index contributed by atoms with van der Waals surface area (Å²) in [7, 11) is 0. The van der Waals surface area contributed by atoms with Crippen LogP contribution in [-0.2, 0) is 6.42 Å². The van der Waals surface area contributed by atoms with Crippen molar-refractivity contribution in [2.45, 2.75) is 71.8 Å². The van der Waals surface area contributed by atoms with E-state index in [-0.39, 0.29) is 5.54 Å². The summed E-state index contributed by atoms with van der Waals surface area (Å²) in [4.78, 5) is 0. The van der Waals surface area contributed by atoms with Crippen molar-refractivity contribution in [2.75, 3.05) is 6.54 Å². The van der Waals surface area contributed by atoms with Crippen LogP contribution in [0.3, 0.4) is 0 Å². The van der Waals surface area contributed by atoms with Crippen LogP contribution in [0.25, 0.3) is 0 Å². The van der Waals surface area contributed by atoms with Gasteiger partial charge in [-0.1, -0.05) is 62.4 Å². The third-order valence-corrected chi connectivity index (χ3v) is 4.22. The summed E-state index contributed by atoms with van der Waals surface area (Å²) in [5, 5.41) is 4.57. The maximum absolute atomic E-state index is 6.32. The lowest BCUT2D eigenvalue weighted by atomic mass is 9.92. The molecule has 0 fully saturated rings. The van der Waals surface area contributed by atoms with E-state index in [2.05, 4.69) is 45.1 Å². The summed E-state index contributed by atoms with van der Waals surface area (Å²) in [5.41, 5.74) is 1.47. The molecule has 2 heteroatoms. The average molecular weight is 310 g/mol. The molecule has 0 heterocycles. The maximum Gasteiger partial charge on any atom is 0.0438 e. The summed E-state index contributed by atoms with van der Waals surface area (Å²) in [6.07, 6.45) is 7.70. The first-order valence-electron chi connectivity index (χ1n) is 8.41. The SMILES string of the molecule is CCCCCCC(CNC(C)(C)C)Cc1ccccc1Cl. The number of rotatable bonds is 9. The van der Waals surface area contributed by atoms with E-state index >= 15 is 0 Å². The number of unbranched alkanes of at least 4 members (excludes halogenated alkanes) is 3. The maximum atomic E-state index is 6.32. The Kier molecular flexibility index (Phi) is 8.36. The molecule has 1 N–H and O–H groups in total. The molecule has 1 nitrogen and oxygen atoms in total. The van der Waals surface area contributed by atoms with Crippen molar-refractivity contribution in [2.24, 2.45) is 5.92 Å². The summed E-state index contributed by atoms with van der Waals surface area (Å²) in [6.45, 7) is 10.0. The smallest absolute Gasteiger partial charge is 0.0438 e. The predicted octanol–water partition coefficient (Wildman–Crippen LogP) is 5.86. The second kappa shape index (κ2) is 9.48. The van der Waals surface area contributed by atoms with Crippen LogP contribution in [0.5, 0.6) is 0 Å². The fraction of sp³-hybridized carbons (Fsp3) is 0.684. The van der Waals surface area contributed by atoms with E-state index in [1.165, 1.54) is 37.7 Å². The molecule has 21 heavy (non-hydrogen) atoms. The van der Waals surface area contributed by atoms with Gasteiger partial charge in [0, 0.05) is 10.6 Å².